The van der Waals surface area contributed by atoms with Gasteiger partial charge >= 0.3 is 0 Å². The summed E-state index contributed by atoms with van der Waals surface area (Å²) in [7, 11) is 1.65. The molecular formula is C23H29N5O2. The Hall–Kier alpha value is -3.32. The number of nitrogens with one attached hydrogen (secondary N) is 2. The smallest absolute Gasteiger partial charge is 0.191 e. The van der Waals surface area contributed by atoms with E-state index in [0.717, 1.165) is 29.2 Å². The quantitative estimate of drug-likeness (QED) is 0.375. The van der Waals surface area contributed by atoms with E-state index in [-0.39, 0.29) is 0 Å². The van der Waals surface area contributed by atoms with Crippen LogP contribution in [0.2, 0.25) is 0 Å². The second-order valence-electron chi connectivity index (χ2n) is 6.79. The molecule has 0 radical (unpaired) electrons. The standard InChI is InChI=1S/C23H29N5O2/c1-3-24-23(25-15-13-22(29)18-7-5-4-6-8-18)26-17-19-14-16-28(27-19)20-9-11-21(30-2)12-10-20/h4-12,14,16,22,29H,3,13,15,17H2,1-2H3,(H2,24,25,26). The molecule has 0 aliphatic carbocycles. The normalized spacial score (nSPS) is 12.4. The van der Waals surface area contributed by atoms with Crippen LogP contribution < -0.4 is 15.4 Å². The molecule has 0 bridgehead atoms. The van der Waals surface area contributed by atoms with Gasteiger partial charge in [-0.15, -0.1) is 0 Å². The average molecular weight is 408 g/mol. The number of guanidine groups is 1. The zero-order chi connectivity index (χ0) is 21.2. The minimum absolute atomic E-state index is 0.458. The van der Waals surface area contributed by atoms with Gasteiger partial charge in [-0.2, -0.15) is 5.10 Å². The van der Waals surface area contributed by atoms with Gasteiger partial charge < -0.3 is 20.5 Å². The number of rotatable bonds is 9. The maximum absolute atomic E-state index is 10.3. The summed E-state index contributed by atoms with van der Waals surface area (Å²) in [4.78, 5) is 4.60. The minimum atomic E-state index is -0.498. The van der Waals surface area contributed by atoms with Crippen molar-refractivity contribution >= 4 is 5.96 Å². The van der Waals surface area contributed by atoms with Crippen LogP contribution in [-0.4, -0.2) is 41.0 Å². The van der Waals surface area contributed by atoms with Crippen molar-refractivity contribution in [3.8, 4) is 11.4 Å². The first-order chi connectivity index (χ1) is 14.7. The van der Waals surface area contributed by atoms with Gasteiger partial charge in [-0.3, -0.25) is 0 Å². The van der Waals surface area contributed by atoms with E-state index >= 15 is 0 Å². The number of benzene rings is 2. The summed E-state index contributed by atoms with van der Waals surface area (Å²) in [5.41, 5.74) is 2.75. The highest BCUT2D eigenvalue weighted by Crippen LogP contribution is 2.15. The summed E-state index contributed by atoms with van der Waals surface area (Å²) in [6, 6.07) is 19.4. The summed E-state index contributed by atoms with van der Waals surface area (Å²) in [5.74, 6) is 1.52. The van der Waals surface area contributed by atoms with Gasteiger partial charge in [-0.1, -0.05) is 30.3 Å². The van der Waals surface area contributed by atoms with Crippen LogP contribution in [0.1, 0.15) is 30.7 Å². The third-order valence-corrected chi connectivity index (χ3v) is 4.62. The number of methoxy groups -OCH3 is 1. The van der Waals surface area contributed by atoms with Crippen LogP contribution in [0, 0.1) is 0 Å². The molecule has 3 N–H and O–H groups in total. The van der Waals surface area contributed by atoms with Gasteiger partial charge in [0.05, 0.1) is 31.1 Å². The van der Waals surface area contributed by atoms with Gasteiger partial charge in [0, 0.05) is 19.3 Å². The summed E-state index contributed by atoms with van der Waals surface area (Å²) < 4.78 is 7.01. The molecule has 0 spiro atoms. The first-order valence-corrected chi connectivity index (χ1v) is 10.1. The molecule has 7 heteroatoms. The molecule has 1 unspecified atom stereocenters. The first-order valence-electron chi connectivity index (χ1n) is 10.1. The van der Waals surface area contributed by atoms with Crippen LogP contribution >= 0.6 is 0 Å². The van der Waals surface area contributed by atoms with Gasteiger partial charge in [0.15, 0.2) is 5.96 Å². The maximum atomic E-state index is 10.3. The number of aliphatic hydroxyl groups excluding tert-OH is 1. The fraction of sp³-hybridized carbons (Fsp3) is 0.304. The molecule has 1 aromatic heterocycles. The number of nitrogens with zero attached hydrogens (tertiary/aromatic N) is 3. The van der Waals surface area contributed by atoms with Crippen molar-refractivity contribution in [3.05, 3.63) is 78.1 Å². The summed E-state index contributed by atoms with van der Waals surface area (Å²) in [5, 5.41) is 21.4. The highest BCUT2D eigenvalue weighted by molar-refractivity contribution is 5.79. The van der Waals surface area contributed by atoms with E-state index in [1.165, 1.54) is 0 Å². The Labute approximate surface area is 177 Å². The molecule has 3 aromatic rings. The summed E-state index contributed by atoms with van der Waals surface area (Å²) >= 11 is 0. The topological polar surface area (TPSA) is 83.7 Å². The Morgan fingerprint density at radius 3 is 2.57 bits per heavy atom. The third-order valence-electron chi connectivity index (χ3n) is 4.62. The van der Waals surface area contributed by atoms with Gasteiger partial charge in [0.25, 0.3) is 0 Å². The monoisotopic (exact) mass is 407 g/mol. The molecule has 1 atom stereocenters. The lowest BCUT2D eigenvalue weighted by molar-refractivity contribution is 0.168. The zero-order valence-corrected chi connectivity index (χ0v) is 17.5. The van der Waals surface area contributed by atoms with Crippen LogP contribution in [0.4, 0.5) is 0 Å². The molecule has 0 aliphatic heterocycles. The summed E-state index contributed by atoms with van der Waals surface area (Å²) in [6.45, 7) is 3.85. The lowest BCUT2D eigenvalue weighted by atomic mass is 10.1. The molecule has 7 nitrogen and oxygen atoms in total. The van der Waals surface area contributed by atoms with Gasteiger partial charge in [-0.25, -0.2) is 9.67 Å². The molecule has 3 rings (SSSR count). The fourth-order valence-corrected chi connectivity index (χ4v) is 3.00. The highest BCUT2D eigenvalue weighted by atomic mass is 16.5. The zero-order valence-electron chi connectivity index (χ0n) is 17.5. The highest BCUT2D eigenvalue weighted by Gasteiger charge is 2.07. The predicted octanol–water partition coefficient (Wildman–Crippen LogP) is 3.06. The maximum Gasteiger partial charge on any atom is 0.191 e. The number of aromatic nitrogens is 2. The Balaban J connectivity index is 1.54. The van der Waals surface area contributed by atoms with Crippen LogP contribution in [0.25, 0.3) is 5.69 Å². The SMILES string of the molecule is CCNC(=NCc1ccn(-c2ccc(OC)cc2)n1)NCCC(O)c1ccccc1. The number of ether oxygens (including phenoxy) is 1. The van der Waals surface area contributed by atoms with Crippen molar-refractivity contribution in [1.29, 1.82) is 0 Å². The van der Waals surface area contributed by atoms with Crippen molar-refractivity contribution in [3.63, 3.8) is 0 Å². The Bertz CT molecular complexity index is 922. The van der Waals surface area contributed by atoms with Crippen LogP contribution in [0.15, 0.2) is 71.9 Å². The second kappa shape index (κ2) is 11.0. The fourth-order valence-electron chi connectivity index (χ4n) is 3.00. The molecule has 0 aliphatic rings. The Morgan fingerprint density at radius 2 is 1.87 bits per heavy atom. The minimum Gasteiger partial charge on any atom is -0.497 e. The van der Waals surface area contributed by atoms with Crippen LogP contribution in [0.3, 0.4) is 0 Å². The molecule has 0 saturated carbocycles. The molecule has 0 amide bonds. The lowest BCUT2D eigenvalue weighted by Gasteiger charge is -2.14. The largest absolute Gasteiger partial charge is 0.497 e. The van der Waals surface area contributed by atoms with Crippen molar-refractivity contribution in [1.82, 2.24) is 20.4 Å². The number of hydrogen-bond acceptors (Lipinski definition) is 4. The summed E-state index contributed by atoms with van der Waals surface area (Å²) in [6.07, 6.45) is 2.02. The van der Waals surface area contributed by atoms with Crippen molar-refractivity contribution in [2.45, 2.75) is 26.0 Å². The van der Waals surface area contributed by atoms with E-state index in [9.17, 15) is 5.11 Å². The predicted molar refractivity (Wildman–Crippen MR) is 119 cm³/mol. The molecule has 2 aromatic carbocycles. The first kappa shape index (κ1) is 21.4. The van der Waals surface area contributed by atoms with Gasteiger partial charge in [0.2, 0.25) is 0 Å². The number of aliphatic imine (C=N–C) groups is 1. The van der Waals surface area contributed by atoms with Crippen molar-refractivity contribution in [2.75, 3.05) is 20.2 Å². The van der Waals surface area contributed by atoms with E-state index < -0.39 is 6.10 Å². The average Bonchev–Trinajstić information content (AvgIpc) is 3.27. The lowest BCUT2D eigenvalue weighted by Crippen LogP contribution is -2.38. The van der Waals surface area contributed by atoms with Gasteiger partial charge in [0.1, 0.15) is 5.75 Å². The van der Waals surface area contributed by atoms with E-state index in [2.05, 4.69) is 20.7 Å². The van der Waals surface area contributed by atoms with Crippen LogP contribution in [0.5, 0.6) is 5.75 Å². The molecule has 0 fully saturated rings. The van der Waals surface area contributed by atoms with Crippen molar-refractivity contribution in [2.24, 2.45) is 4.99 Å². The van der Waals surface area contributed by atoms with Crippen molar-refractivity contribution < 1.29 is 9.84 Å². The molecular weight excluding hydrogens is 378 g/mol. The molecule has 1 heterocycles. The third kappa shape index (κ3) is 6.09. The van der Waals surface area contributed by atoms with E-state index in [1.54, 1.807) is 7.11 Å². The number of aliphatic hydroxyl groups is 1. The van der Waals surface area contributed by atoms with Crippen LogP contribution in [-0.2, 0) is 6.54 Å². The number of hydrogen-bond donors (Lipinski definition) is 3. The molecule has 0 saturated heterocycles. The van der Waals surface area contributed by atoms with E-state index in [4.69, 9.17) is 4.74 Å². The van der Waals surface area contributed by atoms with E-state index in [0.29, 0.717) is 25.5 Å². The Morgan fingerprint density at radius 1 is 1.10 bits per heavy atom. The van der Waals surface area contributed by atoms with E-state index in [1.807, 2.05) is 78.5 Å². The Kier molecular flexibility index (Phi) is 7.86. The second-order valence-corrected chi connectivity index (χ2v) is 6.79. The molecule has 158 valence electrons. The molecule has 30 heavy (non-hydrogen) atoms. The van der Waals surface area contributed by atoms with Gasteiger partial charge in [-0.05, 0) is 49.2 Å².